The monoisotopic (exact) mass is 280 g/mol. The van der Waals surface area contributed by atoms with E-state index >= 15 is 0 Å². The van der Waals surface area contributed by atoms with E-state index in [4.69, 9.17) is 15.2 Å². The maximum Gasteiger partial charge on any atom is 0.412 e. The van der Waals surface area contributed by atoms with Crippen molar-refractivity contribution in [2.45, 2.75) is 39.2 Å². The van der Waals surface area contributed by atoms with Crippen LogP contribution in [-0.2, 0) is 4.74 Å². The van der Waals surface area contributed by atoms with Crippen molar-refractivity contribution >= 4 is 11.8 Å². The third-order valence-electron chi connectivity index (χ3n) is 2.78. The van der Waals surface area contributed by atoms with Gasteiger partial charge in [-0.05, 0) is 44.9 Å². The molecule has 0 bridgehead atoms. The van der Waals surface area contributed by atoms with Gasteiger partial charge in [0.05, 0.1) is 12.8 Å². The third kappa shape index (κ3) is 4.74. The highest BCUT2D eigenvalue weighted by atomic mass is 16.6. The fourth-order valence-electron chi connectivity index (χ4n) is 1.74. The van der Waals surface area contributed by atoms with Crippen LogP contribution in [0.25, 0.3) is 0 Å². The number of rotatable bonds is 4. The lowest BCUT2D eigenvalue weighted by atomic mass is 9.99. The number of benzene rings is 1. The molecule has 0 radical (unpaired) electrons. The Morgan fingerprint density at radius 3 is 2.55 bits per heavy atom. The number of anilines is 1. The largest absolute Gasteiger partial charge is 0.497 e. The average molecular weight is 280 g/mol. The summed E-state index contributed by atoms with van der Waals surface area (Å²) in [5.41, 5.74) is 6.78. The molecule has 0 aliphatic rings. The van der Waals surface area contributed by atoms with Gasteiger partial charge in [-0.2, -0.15) is 0 Å². The van der Waals surface area contributed by atoms with Crippen LogP contribution in [0, 0.1) is 0 Å². The quantitative estimate of drug-likeness (QED) is 0.888. The van der Waals surface area contributed by atoms with Crippen LogP contribution >= 0.6 is 0 Å². The van der Waals surface area contributed by atoms with Gasteiger partial charge in [0, 0.05) is 6.07 Å². The molecule has 0 heterocycles. The van der Waals surface area contributed by atoms with Gasteiger partial charge in [-0.25, -0.2) is 4.79 Å². The number of ether oxygens (including phenoxy) is 2. The molecule has 0 spiro atoms. The SMILES string of the molecule is COc1ccc(C(C)CN)c(NC(=O)OC(C)(C)C)c1. The van der Waals surface area contributed by atoms with Crippen LogP contribution in [0.4, 0.5) is 10.5 Å². The molecule has 0 aliphatic carbocycles. The predicted molar refractivity (Wildman–Crippen MR) is 80.3 cm³/mol. The van der Waals surface area contributed by atoms with Crippen LogP contribution in [0.3, 0.4) is 0 Å². The highest BCUT2D eigenvalue weighted by molar-refractivity contribution is 5.86. The molecule has 1 amide bonds. The Bertz CT molecular complexity index is 467. The van der Waals surface area contributed by atoms with E-state index in [1.54, 1.807) is 13.2 Å². The van der Waals surface area contributed by atoms with E-state index in [1.807, 2.05) is 39.8 Å². The summed E-state index contributed by atoms with van der Waals surface area (Å²) in [5, 5.41) is 2.76. The van der Waals surface area contributed by atoms with Gasteiger partial charge in [0.2, 0.25) is 0 Å². The lowest BCUT2D eigenvalue weighted by Gasteiger charge is -2.21. The number of amides is 1. The smallest absolute Gasteiger partial charge is 0.412 e. The molecule has 0 fully saturated rings. The van der Waals surface area contributed by atoms with Crippen LogP contribution < -0.4 is 15.8 Å². The van der Waals surface area contributed by atoms with E-state index in [9.17, 15) is 4.79 Å². The summed E-state index contributed by atoms with van der Waals surface area (Å²) in [6.07, 6.45) is -0.490. The molecule has 0 saturated heterocycles. The topological polar surface area (TPSA) is 73.6 Å². The molecule has 0 aromatic heterocycles. The van der Waals surface area contributed by atoms with Crippen molar-refractivity contribution in [3.8, 4) is 5.75 Å². The van der Waals surface area contributed by atoms with Crippen molar-refractivity contribution in [3.63, 3.8) is 0 Å². The van der Waals surface area contributed by atoms with Crippen molar-refractivity contribution in [1.82, 2.24) is 0 Å². The summed E-state index contributed by atoms with van der Waals surface area (Å²) in [7, 11) is 1.58. The third-order valence-corrected chi connectivity index (χ3v) is 2.78. The highest BCUT2D eigenvalue weighted by Gasteiger charge is 2.18. The first-order chi connectivity index (χ1) is 9.26. The zero-order valence-corrected chi connectivity index (χ0v) is 12.8. The standard InChI is InChI=1S/C15H24N2O3/c1-10(9-16)12-7-6-11(19-5)8-13(12)17-14(18)20-15(2,3)4/h6-8,10H,9,16H2,1-5H3,(H,17,18). The Morgan fingerprint density at radius 1 is 1.40 bits per heavy atom. The summed E-state index contributed by atoms with van der Waals surface area (Å²) < 4.78 is 10.4. The zero-order chi connectivity index (χ0) is 15.3. The van der Waals surface area contributed by atoms with E-state index < -0.39 is 11.7 Å². The molecule has 112 valence electrons. The van der Waals surface area contributed by atoms with E-state index in [2.05, 4.69) is 5.32 Å². The molecule has 5 nitrogen and oxygen atoms in total. The summed E-state index contributed by atoms with van der Waals surface area (Å²) in [4.78, 5) is 11.9. The average Bonchev–Trinajstić information content (AvgIpc) is 2.35. The molecule has 0 aliphatic heterocycles. The van der Waals surface area contributed by atoms with E-state index in [0.717, 1.165) is 5.56 Å². The molecule has 1 aromatic rings. The number of carbonyl (C=O) groups excluding carboxylic acids is 1. The van der Waals surface area contributed by atoms with Gasteiger partial charge in [0.25, 0.3) is 0 Å². The maximum atomic E-state index is 11.9. The van der Waals surface area contributed by atoms with Crippen molar-refractivity contribution in [2.75, 3.05) is 19.0 Å². The molecular formula is C15H24N2O3. The Morgan fingerprint density at radius 2 is 2.05 bits per heavy atom. The Balaban J connectivity index is 2.98. The van der Waals surface area contributed by atoms with Gasteiger partial charge in [-0.3, -0.25) is 5.32 Å². The molecule has 0 saturated carbocycles. The van der Waals surface area contributed by atoms with E-state index in [1.165, 1.54) is 0 Å². The molecule has 5 heteroatoms. The minimum absolute atomic E-state index is 0.130. The summed E-state index contributed by atoms with van der Waals surface area (Å²) >= 11 is 0. The first kappa shape index (κ1) is 16.3. The molecule has 20 heavy (non-hydrogen) atoms. The molecule has 1 rings (SSSR count). The van der Waals surface area contributed by atoms with Crippen LogP contribution in [0.5, 0.6) is 5.75 Å². The molecular weight excluding hydrogens is 256 g/mol. The highest BCUT2D eigenvalue weighted by Crippen LogP contribution is 2.28. The lowest BCUT2D eigenvalue weighted by molar-refractivity contribution is 0.0636. The fraction of sp³-hybridized carbons (Fsp3) is 0.533. The van der Waals surface area contributed by atoms with Gasteiger partial charge in [-0.15, -0.1) is 0 Å². The lowest BCUT2D eigenvalue weighted by Crippen LogP contribution is -2.27. The van der Waals surface area contributed by atoms with E-state index in [-0.39, 0.29) is 5.92 Å². The molecule has 1 atom stereocenters. The van der Waals surface area contributed by atoms with Crippen LogP contribution in [0.1, 0.15) is 39.2 Å². The second-order valence-electron chi connectivity index (χ2n) is 5.72. The van der Waals surface area contributed by atoms with Gasteiger partial charge < -0.3 is 15.2 Å². The van der Waals surface area contributed by atoms with Gasteiger partial charge in [0.15, 0.2) is 0 Å². The fourth-order valence-corrected chi connectivity index (χ4v) is 1.74. The predicted octanol–water partition coefficient (Wildman–Crippen LogP) is 3.10. The zero-order valence-electron chi connectivity index (χ0n) is 12.8. The van der Waals surface area contributed by atoms with Crippen molar-refractivity contribution in [1.29, 1.82) is 0 Å². The van der Waals surface area contributed by atoms with Crippen molar-refractivity contribution < 1.29 is 14.3 Å². The minimum atomic E-state index is -0.539. The molecule has 1 unspecified atom stereocenters. The summed E-state index contributed by atoms with van der Waals surface area (Å²) in [6, 6.07) is 5.52. The Kier molecular flexibility index (Phi) is 5.39. The minimum Gasteiger partial charge on any atom is -0.497 e. The van der Waals surface area contributed by atoms with Gasteiger partial charge in [-0.1, -0.05) is 13.0 Å². The summed E-state index contributed by atoms with van der Waals surface area (Å²) in [6.45, 7) is 7.96. The first-order valence-electron chi connectivity index (χ1n) is 6.65. The number of hydrogen-bond acceptors (Lipinski definition) is 4. The second-order valence-corrected chi connectivity index (χ2v) is 5.72. The van der Waals surface area contributed by atoms with Gasteiger partial charge in [0.1, 0.15) is 11.4 Å². The maximum absolute atomic E-state index is 11.9. The van der Waals surface area contributed by atoms with E-state index in [0.29, 0.717) is 18.0 Å². The number of hydrogen-bond donors (Lipinski definition) is 2. The number of methoxy groups -OCH3 is 1. The van der Waals surface area contributed by atoms with Crippen molar-refractivity contribution in [3.05, 3.63) is 23.8 Å². The molecule has 1 aromatic carbocycles. The normalized spacial score (nSPS) is 12.7. The van der Waals surface area contributed by atoms with Crippen LogP contribution in [-0.4, -0.2) is 25.3 Å². The first-order valence-corrected chi connectivity index (χ1v) is 6.65. The Labute approximate surface area is 120 Å². The number of carbonyl (C=O) groups is 1. The molecule has 3 N–H and O–H groups in total. The van der Waals surface area contributed by atoms with Crippen LogP contribution in [0.2, 0.25) is 0 Å². The number of nitrogens with one attached hydrogen (secondary N) is 1. The number of nitrogens with two attached hydrogens (primary N) is 1. The summed E-state index contributed by atoms with van der Waals surface area (Å²) in [5.74, 6) is 0.801. The van der Waals surface area contributed by atoms with Crippen molar-refractivity contribution in [2.24, 2.45) is 5.73 Å². The van der Waals surface area contributed by atoms with Crippen LogP contribution in [0.15, 0.2) is 18.2 Å². The second kappa shape index (κ2) is 6.61. The van der Waals surface area contributed by atoms with Gasteiger partial charge >= 0.3 is 6.09 Å². The Hall–Kier alpha value is -1.75.